The van der Waals surface area contributed by atoms with E-state index in [1.807, 2.05) is 20.8 Å². The van der Waals surface area contributed by atoms with Crippen LogP contribution in [0, 0.1) is 5.92 Å². The van der Waals surface area contributed by atoms with E-state index in [9.17, 15) is 4.79 Å². The second kappa shape index (κ2) is 2.63. The van der Waals surface area contributed by atoms with Gasteiger partial charge in [-0.25, -0.2) is 0 Å². The van der Waals surface area contributed by atoms with Gasteiger partial charge in [-0.05, 0) is 19.8 Å². The molecule has 1 fully saturated rings. The summed E-state index contributed by atoms with van der Waals surface area (Å²) in [5.74, 6) is 0.0161. The first-order chi connectivity index (χ1) is 5.28. The summed E-state index contributed by atoms with van der Waals surface area (Å²) in [6.45, 7) is 7.71. The van der Waals surface area contributed by atoms with Crippen LogP contribution in [0.3, 0.4) is 0 Å². The molecule has 0 radical (unpaired) electrons. The standard InChI is InChI=1S/C9H15ClO2/c1-6(2)9(4)5-8(3,10)7(11)12-9/h6H,5H2,1-4H3. The number of alkyl halides is 1. The summed E-state index contributed by atoms with van der Waals surface area (Å²) < 4.78 is 5.25. The Morgan fingerprint density at radius 3 is 2.17 bits per heavy atom. The van der Waals surface area contributed by atoms with Gasteiger partial charge in [-0.3, -0.25) is 4.79 Å². The number of rotatable bonds is 1. The van der Waals surface area contributed by atoms with Crippen molar-refractivity contribution in [3.63, 3.8) is 0 Å². The lowest BCUT2D eigenvalue weighted by Gasteiger charge is -2.26. The predicted octanol–water partition coefficient (Wildman–Crippen LogP) is 2.35. The Morgan fingerprint density at radius 1 is 1.50 bits per heavy atom. The number of ether oxygens (including phenoxy) is 1. The second-order valence-electron chi connectivity index (χ2n) is 4.23. The number of carbonyl (C=O) groups is 1. The van der Waals surface area contributed by atoms with Crippen molar-refractivity contribution in [2.24, 2.45) is 5.92 Å². The molecule has 0 bridgehead atoms. The van der Waals surface area contributed by atoms with Crippen LogP contribution < -0.4 is 0 Å². The SMILES string of the molecule is CC(C)C1(C)CC(C)(Cl)C(=O)O1. The average molecular weight is 191 g/mol. The lowest BCUT2D eigenvalue weighted by molar-refractivity contribution is -0.151. The summed E-state index contributed by atoms with van der Waals surface area (Å²) in [5, 5.41) is 0. The molecule has 1 aliphatic heterocycles. The smallest absolute Gasteiger partial charge is 0.327 e. The van der Waals surface area contributed by atoms with Crippen LogP contribution in [0.1, 0.15) is 34.1 Å². The molecule has 12 heavy (non-hydrogen) atoms. The van der Waals surface area contributed by atoms with Crippen LogP contribution in [0.2, 0.25) is 0 Å². The zero-order chi connectivity index (χ0) is 9.57. The molecule has 2 atom stereocenters. The van der Waals surface area contributed by atoms with Crippen molar-refractivity contribution in [3.05, 3.63) is 0 Å². The molecule has 1 saturated heterocycles. The molecule has 70 valence electrons. The van der Waals surface area contributed by atoms with E-state index in [2.05, 4.69) is 0 Å². The molecule has 0 aromatic rings. The maximum atomic E-state index is 11.3. The fourth-order valence-electron chi connectivity index (χ4n) is 1.41. The minimum atomic E-state index is -0.820. The van der Waals surface area contributed by atoms with Gasteiger partial charge in [0.1, 0.15) is 10.5 Å². The molecule has 0 aromatic heterocycles. The van der Waals surface area contributed by atoms with E-state index in [1.54, 1.807) is 6.92 Å². The molecule has 0 spiro atoms. The van der Waals surface area contributed by atoms with Crippen LogP contribution in [0.4, 0.5) is 0 Å². The van der Waals surface area contributed by atoms with Crippen LogP contribution >= 0.6 is 11.6 Å². The summed E-state index contributed by atoms with van der Waals surface area (Å²) in [7, 11) is 0. The first kappa shape index (κ1) is 9.85. The topological polar surface area (TPSA) is 26.3 Å². The summed E-state index contributed by atoms with van der Waals surface area (Å²) >= 11 is 5.97. The zero-order valence-electron chi connectivity index (χ0n) is 7.98. The molecule has 2 unspecified atom stereocenters. The van der Waals surface area contributed by atoms with Crippen molar-refractivity contribution in [1.82, 2.24) is 0 Å². The normalized spacial score (nSPS) is 42.0. The quantitative estimate of drug-likeness (QED) is 0.469. The first-order valence-corrected chi connectivity index (χ1v) is 4.58. The highest BCUT2D eigenvalue weighted by Crippen LogP contribution is 2.42. The highest BCUT2D eigenvalue weighted by atomic mass is 35.5. The van der Waals surface area contributed by atoms with E-state index in [1.165, 1.54) is 0 Å². The van der Waals surface area contributed by atoms with Crippen molar-refractivity contribution >= 4 is 17.6 Å². The first-order valence-electron chi connectivity index (χ1n) is 4.20. The molecular formula is C9H15ClO2. The van der Waals surface area contributed by atoms with E-state index in [0.29, 0.717) is 12.3 Å². The monoisotopic (exact) mass is 190 g/mol. The van der Waals surface area contributed by atoms with Crippen molar-refractivity contribution in [2.75, 3.05) is 0 Å². The minimum absolute atomic E-state index is 0.291. The number of cyclic esters (lactones) is 1. The lowest BCUT2D eigenvalue weighted by Crippen LogP contribution is -2.31. The van der Waals surface area contributed by atoms with Gasteiger partial charge in [-0.2, -0.15) is 0 Å². The highest BCUT2D eigenvalue weighted by molar-refractivity contribution is 6.34. The molecule has 1 heterocycles. The fourth-order valence-corrected chi connectivity index (χ4v) is 1.71. The number of hydrogen-bond donors (Lipinski definition) is 0. The van der Waals surface area contributed by atoms with Gasteiger partial charge in [-0.1, -0.05) is 13.8 Å². The maximum Gasteiger partial charge on any atom is 0.327 e. The van der Waals surface area contributed by atoms with E-state index in [4.69, 9.17) is 16.3 Å². The Bertz CT molecular complexity index is 211. The third-order valence-corrected chi connectivity index (χ3v) is 2.94. The van der Waals surface area contributed by atoms with Crippen molar-refractivity contribution in [3.8, 4) is 0 Å². The summed E-state index contributed by atoms with van der Waals surface area (Å²) in [5.41, 5.74) is -0.381. The van der Waals surface area contributed by atoms with Gasteiger partial charge < -0.3 is 4.74 Å². The van der Waals surface area contributed by atoms with Gasteiger partial charge in [0.15, 0.2) is 0 Å². The van der Waals surface area contributed by atoms with Crippen LogP contribution in [0.5, 0.6) is 0 Å². The molecular weight excluding hydrogens is 176 g/mol. The van der Waals surface area contributed by atoms with Crippen LogP contribution in [-0.4, -0.2) is 16.4 Å². The molecule has 3 heteroatoms. The van der Waals surface area contributed by atoms with E-state index >= 15 is 0 Å². The Balaban J connectivity index is 2.85. The Morgan fingerprint density at radius 2 is 2.00 bits per heavy atom. The summed E-state index contributed by atoms with van der Waals surface area (Å²) in [6.07, 6.45) is 0.595. The molecule has 2 nitrogen and oxygen atoms in total. The lowest BCUT2D eigenvalue weighted by atomic mass is 9.86. The van der Waals surface area contributed by atoms with Crippen molar-refractivity contribution in [2.45, 2.75) is 44.6 Å². The minimum Gasteiger partial charge on any atom is -0.458 e. The summed E-state index contributed by atoms with van der Waals surface area (Å²) in [4.78, 5) is 10.4. The predicted molar refractivity (Wildman–Crippen MR) is 48.2 cm³/mol. The van der Waals surface area contributed by atoms with Gasteiger partial charge in [0, 0.05) is 6.42 Å². The number of carbonyl (C=O) groups excluding carboxylic acids is 1. The Labute approximate surface area is 78.2 Å². The fraction of sp³-hybridized carbons (Fsp3) is 0.889. The van der Waals surface area contributed by atoms with E-state index in [0.717, 1.165) is 0 Å². The summed E-state index contributed by atoms with van der Waals surface area (Å²) in [6, 6.07) is 0. The van der Waals surface area contributed by atoms with E-state index in [-0.39, 0.29) is 11.6 Å². The van der Waals surface area contributed by atoms with Crippen LogP contribution in [0.15, 0.2) is 0 Å². The van der Waals surface area contributed by atoms with Gasteiger partial charge >= 0.3 is 5.97 Å². The number of halogens is 1. The molecule has 0 aliphatic carbocycles. The second-order valence-corrected chi connectivity index (χ2v) is 5.07. The largest absolute Gasteiger partial charge is 0.458 e. The van der Waals surface area contributed by atoms with Gasteiger partial charge in [0.05, 0.1) is 0 Å². The molecule has 0 N–H and O–H groups in total. The number of esters is 1. The van der Waals surface area contributed by atoms with Gasteiger partial charge in [0.25, 0.3) is 0 Å². The average Bonchev–Trinajstić information content (AvgIpc) is 2.03. The van der Waals surface area contributed by atoms with Crippen molar-refractivity contribution in [1.29, 1.82) is 0 Å². The zero-order valence-corrected chi connectivity index (χ0v) is 8.73. The third-order valence-electron chi connectivity index (χ3n) is 2.66. The van der Waals surface area contributed by atoms with Crippen LogP contribution in [0.25, 0.3) is 0 Å². The van der Waals surface area contributed by atoms with Crippen molar-refractivity contribution < 1.29 is 9.53 Å². The molecule has 1 aliphatic rings. The molecule has 0 aromatic carbocycles. The number of hydrogen-bond acceptors (Lipinski definition) is 2. The van der Waals surface area contributed by atoms with Gasteiger partial charge in [-0.15, -0.1) is 11.6 Å². The molecule has 0 saturated carbocycles. The van der Waals surface area contributed by atoms with Gasteiger partial charge in [0.2, 0.25) is 0 Å². The Hall–Kier alpha value is -0.240. The third kappa shape index (κ3) is 1.45. The van der Waals surface area contributed by atoms with Crippen LogP contribution in [-0.2, 0) is 9.53 Å². The van der Waals surface area contributed by atoms with E-state index < -0.39 is 4.87 Å². The highest BCUT2D eigenvalue weighted by Gasteiger charge is 2.52. The molecule has 1 rings (SSSR count). The maximum absolute atomic E-state index is 11.3. The Kier molecular flexibility index (Phi) is 2.15. The molecule has 0 amide bonds.